The van der Waals surface area contributed by atoms with Crippen LogP contribution in [0.15, 0.2) is 24.8 Å². The zero-order valence-corrected chi connectivity index (χ0v) is 15.2. The van der Waals surface area contributed by atoms with Crippen LogP contribution in [0.4, 0.5) is 4.79 Å². The van der Waals surface area contributed by atoms with Crippen molar-refractivity contribution in [3.05, 3.63) is 35.9 Å². The van der Waals surface area contributed by atoms with Crippen LogP contribution in [0.25, 0.3) is 0 Å². The second kappa shape index (κ2) is 7.16. The van der Waals surface area contributed by atoms with E-state index in [0.29, 0.717) is 13.0 Å². The summed E-state index contributed by atoms with van der Waals surface area (Å²) < 4.78 is 16.5. The number of hydrogen-bond acceptors (Lipinski definition) is 4. The quantitative estimate of drug-likeness (QED) is 0.778. The van der Waals surface area contributed by atoms with Crippen LogP contribution in [0.3, 0.4) is 0 Å². The highest BCUT2D eigenvalue weighted by Gasteiger charge is 2.35. The van der Waals surface area contributed by atoms with Crippen molar-refractivity contribution in [2.45, 2.75) is 45.3 Å². The minimum absolute atomic E-state index is 0.151. The van der Waals surface area contributed by atoms with Gasteiger partial charge < -0.3 is 19.1 Å². The Morgan fingerprint density at radius 3 is 2.58 bits per heavy atom. The number of rotatable bonds is 4. The number of hydrogen-bond donors (Lipinski definition) is 0. The van der Waals surface area contributed by atoms with Crippen molar-refractivity contribution in [2.24, 2.45) is 0 Å². The third-order valence-electron chi connectivity index (χ3n) is 4.01. The molecule has 1 amide bonds. The first kappa shape index (κ1) is 18.2. The summed E-state index contributed by atoms with van der Waals surface area (Å²) in [6.07, 6.45) is 2.88. The van der Waals surface area contributed by atoms with Crippen LogP contribution in [-0.4, -0.2) is 37.4 Å². The van der Waals surface area contributed by atoms with E-state index in [-0.39, 0.29) is 12.1 Å². The zero-order valence-electron chi connectivity index (χ0n) is 15.2. The van der Waals surface area contributed by atoms with Gasteiger partial charge in [-0.1, -0.05) is 6.08 Å². The lowest BCUT2D eigenvalue weighted by atomic mass is 9.89. The Hall–Kier alpha value is -2.17. The van der Waals surface area contributed by atoms with Gasteiger partial charge in [0.05, 0.1) is 20.3 Å². The standard InChI is InChI=1S/C19H27NO4/c1-7-8-15-17-13(11-14(22-5)12-16(17)23-6)9-10-20(15)18(21)24-19(2,3)4/h7,11-12,15H,1,8-10H2,2-6H3/t15-/m1/s1. The van der Waals surface area contributed by atoms with Gasteiger partial charge in [0.25, 0.3) is 0 Å². The second-order valence-corrected chi connectivity index (χ2v) is 6.87. The topological polar surface area (TPSA) is 48.0 Å². The summed E-state index contributed by atoms with van der Waals surface area (Å²) in [5, 5.41) is 0. The maximum atomic E-state index is 12.6. The summed E-state index contributed by atoms with van der Waals surface area (Å²) >= 11 is 0. The van der Waals surface area contributed by atoms with E-state index >= 15 is 0 Å². The minimum atomic E-state index is -0.528. The fraction of sp³-hybridized carbons (Fsp3) is 0.526. The maximum Gasteiger partial charge on any atom is 0.410 e. The Bertz CT molecular complexity index is 601. The zero-order chi connectivity index (χ0) is 17.9. The molecule has 0 saturated carbocycles. The van der Waals surface area contributed by atoms with Gasteiger partial charge in [0.2, 0.25) is 0 Å². The predicted molar refractivity (Wildman–Crippen MR) is 93.7 cm³/mol. The average molecular weight is 333 g/mol. The molecule has 5 heteroatoms. The minimum Gasteiger partial charge on any atom is -0.497 e. The number of ether oxygens (including phenoxy) is 3. The SMILES string of the molecule is C=CC[C@@H]1c2c(cc(OC)cc2OC)CCN1C(=O)OC(C)(C)C. The third-order valence-corrected chi connectivity index (χ3v) is 4.01. The van der Waals surface area contributed by atoms with Crippen molar-refractivity contribution in [2.75, 3.05) is 20.8 Å². The molecule has 2 rings (SSSR count). The summed E-state index contributed by atoms with van der Waals surface area (Å²) in [4.78, 5) is 14.4. The molecule has 24 heavy (non-hydrogen) atoms. The van der Waals surface area contributed by atoms with Crippen LogP contribution in [0.5, 0.6) is 11.5 Å². The number of methoxy groups -OCH3 is 2. The maximum absolute atomic E-state index is 12.6. The van der Waals surface area contributed by atoms with E-state index in [2.05, 4.69) is 6.58 Å². The van der Waals surface area contributed by atoms with E-state index in [1.165, 1.54) is 0 Å². The van der Waals surface area contributed by atoms with Gasteiger partial charge in [0.15, 0.2) is 0 Å². The molecule has 1 aliphatic heterocycles. The molecule has 0 fully saturated rings. The van der Waals surface area contributed by atoms with E-state index in [4.69, 9.17) is 14.2 Å². The summed E-state index contributed by atoms with van der Waals surface area (Å²) in [6, 6.07) is 3.72. The lowest BCUT2D eigenvalue weighted by Crippen LogP contribution is -2.43. The van der Waals surface area contributed by atoms with Gasteiger partial charge in [-0.3, -0.25) is 0 Å². The number of benzene rings is 1. The number of amides is 1. The molecule has 1 aliphatic rings. The third kappa shape index (κ3) is 3.83. The van der Waals surface area contributed by atoms with Gasteiger partial charge in [-0.15, -0.1) is 6.58 Å². The van der Waals surface area contributed by atoms with Gasteiger partial charge in [-0.05, 0) is 45.2 Å². The Morgan fingerprint density at radius 1 is 1.33 bits per heavy atom. The molecule has 1 aromatic rings. The molecule has 1 heterocycles. The van der Waals surface area contributed by atoms with Crippen LogP contribution >= 0.6 is 0 Å². The summed E-state index contributed by atoms with van der Waals surface area (Å²) in [5.74, 6) is 1.48. The van der Waals surface area contributed by atoms with E-state index in [0.717, 1.165) is 29.0 Å². The molecule has 0 saturated heterocycles. The van der Waals surface area contributed by atoms with Gasteiger partial charge in [-0.2, -0.15) is 0 Å². The van der Waals surface area contributed by atoms with Crippen molar-refractivity contribution in [3.8, 4) is 11.5 Å². The number of carbonyl (C=O) groups is 1. The van der Waals surface area contributed by atoms with Crippen molar-refractivity contribution in [3.63, 3.8) is 0 Å². The number of fused-ring (bicyclic) bond motifs is 1. The molecule has 0 unspecified atom stereocenters. The summed E-state index contributed by atoms with van der Waals surface area (Å²) in [5.41, 5.74) is 1.62. The molecule has 0 aliphatic carbocycles. The lowest BCUT2D eigenvalue weighted by Gasteiger charge is -2.38. The Morgan fingerprint density at radius 2 is 2.04 bits per heavy atom. The lowest BCUT2D eigenvalue weighted by molar-refractivity contribution is 0.0142. The fourth-order valence-electron chi connectivity index (χ4n) is 3.02. The second-order valence-electron chi connectivity index (χ2n) is 6.87. The van der Waals surface area contributed by atoms with Crippen LogP contribution in [0, 0.1) is 0 Å². The molecule has 5 nitrogen and oxygen atoms in total. The van der Waals surface area contributed by atoms with E-state index in [1.807, 2.05) is 39.0 Å². The summed E-state index contributed by atoms with van der Waals surface area (Å²) in [7, 11) is 3.27. The molecule has 132 valence electrons. The Labute approximate surface area is 144 Å². The Balaban J connectivity index is 2.44. The van der Waals surface area contributed by atoms with Crippen molar-refractivity contribution in [1.29, 1.82) is 0 Å². The van der Waals surface area contributed by atoms with E-state index in [1.54, 1.807) is 19.1 Å². The molecule has 0 N–H and O–H groups in total. The molecule has 0 radical (unpaired) electrons. The highest BCUT2D eigenvalue weighted by atomic mass is 16.6. The molecule has 1 atom stereocenters. The largest absolute Gasteiger partial charge is 0.497 e. The molecule has 0 spiro atoms. The highest BCUT2D eigenvalue weighted by molar-refractivity contribution is 5.70. The molecule has 0 aromatic heterocycles. The fourth-order valence-corrected chi connectivity index (χ4v) is 3.02. The van der Waals surface area contributed by atoms with E-state index in [9.17, 15) is 4.79 Å². The van der Waals surface area contributed by atoms with Crippen LogP contribution in [0.2, 0.25) is 0 Å². The predicted octanol–water partition coefficient (Wildman–Crippen LogP) is 4.11. The van der Waals surface area contributed by atoms with Gasteiger partial charge in [-0.25, -0.2) is 4.79 Å². The van der Waals surface area contributed by atoms with Gasteiger partial charge >= 0.3 is 6.09 Å². The van der Waals surface area contributed by atoms with Crippen molar-refractivity contribution in [1.82, 2.24) is 4.90 Å². The van der Waals surface area contributed by atoms with Gasteiger partial charge in [0.1, 0.15) is 17.1 Å². The summed E-state index contributed by atoms with van der Waals surface area (Å²) in [6.45, 7) is 10.1. The normalized spacial score (nSPS) is 17.0. The highest BCUT2D eigenvalue weighted by Crippen LogP contribution is 2.41. The average Bonchev–Trinajstić information content (AvgIpc) is 2.52. The number of nitrogens with zero attached hydrogens (tertiary/aromatic N) is 1. The van der Waals surface area contributed by atoms with Crippen molar-refractivity contribution < 1.29 is 19.0 Å². The molecular formula is C19H27NO4. The number of carbonyl (C=O) groups excluding carboxylic acids is 1. The molecule has 1 aromatic carbocycles. The van der Waals surface area contributed by atoms with E-state index < -0.39 is 5.60 Å². The first-order chi connectivity index (χ1) is 11.3. The smallest absolute Gasteiger partial charge is 0.410 e. The molecular weight excluding hydrogens is 306 g/mol. The first-order valence-corrected chi connectivity index (χ1v) is 8.16. The Kier molecular flexibility index (Phi) is 5.42. The van der Waals surface area contributed by atoms with Crippen molar-refractivity contribution >= 4 is 6.09 Å². The monoisotopic (exact) mass is 333 g/mol. The van der Waals surface area contributed by atoms with Crippen LogP contribution < -0.4 is 9.47 Å². The first-order valence-electron chi connectivity index (χ1n) is 8.16. The van der Waals surface area contributed by atoms with Crippen LogP contribution in [0.1, 0.15) is 44.4 Å². The van der Waals surface area contributed by atoms with Gasteiger partial charge in [0, 0.05) is 18.2 Å². The van der Waals surface area contributed by atoms with Crippen LogP contribution in [-0.2, 0) is 11.2 Å². The molecule has 0 bridgehead atoms.